The average Bonchev–Trinajstić information content (AvgIpc) is 3.28. The number of nitrogens with one attached hydrogen (secondary N) is 1. The first-order valence-corrected chi connectivity index (χ1v) is 8.85. The minimum atomic E-state index is -0.420. The largest absolute Gasteiger partial charge is 0.462 e. The second-order valence-electron chi connectivity index (χ2n) is 6.44. The Morgan fingerprint density at radius 2 is 2.37 bits per heavy atom. The monoisotopic (exact) mass is 365 g/mol. The number of carbonyl (C=O) groups is 1. The summed E-state index contributed by atoms with van der Waals surface area (Å²) in [6, 6.07) is 4.06. The van der Waals surface area contributed by atoms with Crippen LogP contribution in [0.3, 0.4) is 0 Å². The second kappa shape index (κ2) is 7.21. The van der Waals surface area contributed by atoms with Crippen molar-refractivity contribution in [3.63, 3.8) is 0 Å². The first-order valence-electron chi connectivity index (χ1n) is 8.85. The number of rotatable bonds is 6. The van der Waals surface area contributed by atoms with Crippen molar-refractivity contribution in [1.82, 2.24) is 19.7 Å². The van der Waals surface area contributed by atoms with Gasteiger partial charge in [-0.2, -0.15) is 10.4 Å². The number of fused-ring (bicyclic) bond motifs is 1. The van der Waals surface area contributed by atoms with Crippen LogP contribution >= 0.6 is 0 Å². The molecule has 0 radical (unpaired) electrons. The van der Waals surface area contributed by atoms with Crippen molar-refractivity contribution in [2.75, 3.05) is 19.8 Å². The molecule has 1 fully saturated rings. The summed E-state index contributed by atoms with van der Waals surface area (Å²) in [7, 11) is 0. The maximum absolute atomic E-state index is 12.5. The maximum Gasteiger partial charge on any atom is 0.340 e. The summed E-state index contributed by atoms with van der Waals surface area (Å²) >= 11 is 0. The van der Waals surface area contributed by atoms with E-state index in [0.717, 1.165) is 16.5 Å². The van der Waals surface area contributed by atoms with Gasteiger partial charge in [0.15, 0.2) is 0 Å². The Hall–Kier alpha value is -3.18. The molecule has 0 aromatic carbocycles. The molecule has 138 valence electrons. The Bertz CT molecular complexity index is 1010. The molecule has 8 heteroatoms. The van der Waals surface area contributed by atoms with Crippen LogP contribution in [-0.4, -0.2) is 45.5 Å². The Kier molecular flexibility index (Phi) is 4.60. The summed E-state index contributed by atoms with van der Waals surface area (Å²) in [5, 5.41) is 14.5. The number of pyridine rings is 1. The van der Waals surface area contributed by atoms with E-state index in [9.17, 15) is 10.1 Å². The third-order valence-electron chi connectivity index (χ3n) is 4.82. The molecule has 0 saturated carbocycles. The fraction of sp³-hybridized carbons (Fsp3) is 0.368. The Balaban J connectivity index is 1.79. The highest BCUT2D eigenvalue weighted by molar-refractivity contribution is 6.06. The van der Waals surface area contributed by atoms with Crippen LogP contribution in [0.15, 0.2) is 30.9 Å². The molecule has 0 amide bonds. The van der Waals surface area contributed by atoms with Gasteiger partial charge in [0.05, 0.1) is 50.1 Å². The number of carbonyl (C=O) groups excluding carboxylic acids is 1. The standard InChI is InChI=1S/C19H19N5O3/c1-2-27-19(25)15-8-22-18-14(4-6-21-18)17(15)12-7-23-24(9-12)16(3-5-20)13-10-26-11-13/h4,6-9,13,16H,2-3,10-11H2,1H3,(H,21,22). The van der Waals surface area contributed by atoms with Crippen molar-refractivity contribution < 1.29 is 14.3 Å². The van der Waals surface area contributed by atoms with Gasteiger partial charge in [-0.3, -0.25) is 4.68 Å². The normalized spacial score (nSPS) is 15.3. The molecule has 1 N–H and O–H groups in total. The lowest BCUT2D eigenvalue weighted by atomic mass is 9.96. The fourth-order valence-electron chi connectivity index (χ4n) is 3.38. The zero-order chi connectivity index (χ0) is 18.8. The fourth-order valence-corrected chi connectivity index (χ4v) is 3.38. The van der Waals surface area contributed by atoms with E-state index in [4.69, 9.17) is 9.47 Å². The second-order valence-corrected chi connectivity index (χ2v) is 6.44. The maximum atomic E-state index is 12.5. The van der Waals surface area contributed by atoms with E-state index in [1.165, 1.54) is 6.20 Å². The summed E-state index contributed by atoms with van der Waals surface area (Å²) in [6.45, 7) is 3.32. The molecule has 4 heterocycles. The first kappa shape index (κ1) is 17.2. The van der Waals surface area contributed by atoms with Gasteiger partial charge in [-0.05, 0) is 13.0 Å². The third kappa shape index (κ3) is 3.06. The van der Waals surface area contributed by atoms with Gasteiger partial charge in [0, 0.05) is 41.0 Å². The lowest BCUT2D eigenvalue weighted by Crippen LogP contribution is -2.36. The van der Waals surface area contributed by atoms with Gasteiger partial charge in [0.1, 0.15) is 5.65 Å². The zero-order valence-corrected chi connectivity index (χ0v) is 14.9. The highest BCUT2D eigenvalue weighted by Gasteiger charge is 2.30. The van der Waals surface area contributed by atoms with Crippen molar-refractivity contribution in [2.45, 2.75) is 19.4 Å². The number of ether oxygens (including phenoxy) is 2. The number of esters is 1. The van der Waals surface area contributed by atoms with Crippen molar-refractivity contribution in [3.05, 3.63) is 36.4 Å². The molecule has 1 saturated heterocycles. The van der Waals surface area contributed by atoms with Crippen LogP contribution in [0.1, 0.15) is 29.7 Å². The molecule has 0 aliphatic carbocycles. The van der Waals surface area contributed by atoms with E-state index in [-0.39, 0.29) is 18.6 Å². The van der Waals surface area contributed by atoms with E-state index in [1.54, 1.807) is 24.0 Å². The number of hydrogen-bond donors (Lipinski definition) is 1. The molecule has 3 aromatic rings. The van der Waals surface area contributed by atoms with Gasteiger partial charge in [-0.25, -0.2) is 9.78 Å². The van der Waals surface area contributed by atoms with Crippen LogP contribution < -0.4 is 0 Å². The number of aromatic amines is 1. The minimum absolute atomic E-state index is 0.0490. The van der Waals surface area contributed by atoms with Crippen molar-refractivity contribution in [2.24, 2.45) is 5.92 Å². The summed E-state index contributed by atoms with van der Waals surface area (Å²) in [5.74, 6) is -0.150. The molecule has 0 bridgehead atoms. The van der Waals surface area contributed by atoms with Crippen LogP contribution in [-0.2, 0) is 9.47 Å². The van der Waals surface area contributed by atoms with Gasteiger partial charge in [-0.15, -0.1) is 0 Å². The highest BCUT2D eigenvalue weighted by Crippen LogP contribution is 2.34. The number of H-pyrrole nitrogens is 1. The average molecular weight is 365 g/mol. The minimum Gasteiger partial charge on any atom is -0.462 e. The predicted octanol–water partition coefficient (Wildman–Crippen LogP) is 2.70. The van der Waals surface area contributed by atoms with Gasteiger partial charge >= 0.3 is 5.97 Å². The molecular formula is C19H19N5O3. The summed E-state index contributed by atoms with van der Waals surface area (Å²) < 4.78 is 12.3. The van der Waals surface area contributed by atoms with E-state index < -0.39 is 5.97 Å². The smallest absolute Gasteiger partial charge is 0.340 e. The number of aromatic nitrogens is 4. The third-order valence-corrected chi connectivity index (χ3v) is 4.82. The Morgan fingerprint density at radius 1 is 1.52 bits per heavy atom. The van der Waals surface area contributed by atoms with Crippen molar-refractivity contribution >= 4 is 17.0 Å². The Labute approximate surface area is 155 Å². The summed E-state index contributed by atoms with van der Waals surface area (Å²) in [4.78, 5) is 19.8. The van der Waals surface area contributed by atoms with Crippen LogP contribution in [0.2, 0.25) is 0 Å². The van der Waals surface area contributed by atoms with E-state index >= 15 is 0 Å². The SMILES string of the molecule is CCOC(=O)c1cnc2[nH]ccc2c1-c1cnn(C(CC#N)C2COC2)c1. The molecule has 4 rings (SSSR count). The molecule has 3 aromatic heterocycles. The quantitative estimate of drug-likeness (QED) is 0.673. The topological polar surface area (TPSA) is 106 Å². The number of nitrogens with zero attached hydrogens (tertiary/aromatic N) is 4. The van der Waals surface area contributed by atoms with Crippen LogP contribution in [0.5, 0.6) is 0 Å². The lowest BCUT2D eigenvalue weighted by molar-refractivity contribution is -0.0582. The van der Waals surface area contributed by atoms with Crippen molar-refractivity contribution in [1.29, 1.82) is 5.26 Å². The Morgan fingerprint density at radius 3 is 3.07 bits per heavy atom. The van der Waals surface area contributed by atoms with E-state index in [0.29, 0.717) is 30.8 Å². The first-order chi connectivity index (χ1) is 13.2. The molecule has 1 unspecified atom stereocenters. The van der Waals surface area contributed by atoms with Crippen LogP contribution in [0.25, 0.3) is 22.2 Å². The lowest BCUT2D eigenvalue weighted by Gasteiger charge is -2.32. The molecule has 1 atom stereocenters. The van der Waals surface area contributed by atoms with E-state index in [1.807, 2.05) is 12.3 Å². The van der Waals surface area contributed by atoms with Crippen molar-refractivity contribution in [3.8, 4) is 17.2 Å². The van der Waals surface area contributed by atoms with Gasteiger partial charge in [0.2, 0.25) is 0 Å². The zero-order valence-electron chi connectivity index (χ0n) is 14.9. The summed E-state index contributed by atoms with van der Waals surface area (Å²) in [6.07, 6.45) is 7.26. The molecule has 1 aliphatic heterocycles. The molecule has 27 heavy (non-hydrogen) atoms. The number of nitriles is 1. The van der Waals surface area contributed by atoms with Gasteiger partial charge < -0.3 is 14.5 Å². The molecule has 8 nitrogen and oxygen atoms in total. The van der Waals surface area contributed by atoms with Crippen LogP contribution in [0.4, 0.5) is 0 Å². The predicted molar refractivity (Wildman–Crippen MR) is 96.8 cm³/mol. The highest BCUT2D eigenvalue weighted by atomic mass is 16.5. The van der Waals surface area contributed by atoms with Crippen LogP contribution in [0, 0.1) is 17.2 Å². The van der Waals surface area contributed by atoms with Gasteiger partial charge in [0.25, 0.3) is 0 Å². The molecule has 0 spiro atoms. The number of hydrogen-bond acceptors (Lipinski definition) is 6. The van der Waals surface area contributed by atoms with E-state index in [2.05, 4.69) is 21.1 Å². The molecule has 1 aliphatic rings. The van der Waals surface area contributed by atoms with Gasteiger partial charge in [-0.1, -0.05) is 0 Å². The summed E-state index contributed by atoms with van der Waals surface area (Å²) in [5.41, 5.74) is 2.60. The molecular weight excluding hydrogens is 346 g/mol.